The molecule has 1 aliphatic rings. The van der Waals surface area contributed by atoms with Crippen LogP contribution in [0.2, 0.25) is 5.15 Å². The lowest BCUT2D eigenvalue weighted by atomic mass is 9.86. The normalized spacial score (nSPS) is 19.1. The molecule has 7 heteroatoms. The van der Waals surface area contributed by atoms with Crippen molar-refractivity contribution >= 4 is 29.1 Å². The summed E-state index contributed by atoms with van der Waals surface area (Å²) in [7, 11) is 1.67. The molecule has 0 bridgehead atoms. The highest BCUT2D eigenvalue weighted by molar-refractivity contribution is 6.30. The molecule has 1 aromatic carbocycles. The number of carbonyl (C=O) groups is 3. The van der Waals surface area contributed by atoms with Crippen molar-refractivity contribution in [3.05, 3.63) is 50.8 Å². The SMILES string of the molecule is Cc1cc(C)c(C2C(=O)CC(CCNC(=O)c3nn(C)c(Cl)c3C)C2=O)c(C)c1. The number of carbonyl (C=O) groups excluding carboxylic acids is 3. The summed E-state index contributed by atoms with van der Waals surface area (Å²) >= 11 is 6.06. The summed E-state index contributed by atoms with van der Waals surface area (Å²) < 4.78 is 1.45. The summed E-state index contributed by atoms with van der Waals surface area (Å²) in [6, 6.07) is 4.02. The number of aryl methyl sites for hydroxylation is 4. The van der Waals surface area contributed by atoms with E-state index >= 15 is 0 Å². The molecule has 1 saturated carbocycles. The van der Waals surface area contributed by atoms with E-state index in [-0.39, 0.29) is 35.5 Å². The average molecular weight is 416 g/mol. The quantitative estimate of drug-likeness (QED) is 0.759. The fourth-order valence-electron chi connectivity index (χ4n) is 4.32. The predicted octanol–water partition coefficient (Wildman–Crippen LogP) is 3.37. The van der Waals surface area contributed by atoms with Crippen molar-refractivity contribution in [1.82, 2.24) is 15.1 Å². The van der Waals surface area contributed by atoms with Crippen molar-refractivity contribution in [2.45, 2.75) is 46.5 Å². The van der Waals surface area contributed by atoms with Gasteiger partial charge in [-0.15, -0.1) is 0 Å². The molecule has 0 aliphatic heterocycles. The zero-order valence-electron chi connectivity index (χ0n) is 17.4. The van der Waals surface area contributed by atoms with Gasteiger partial charge in [-0.2, -0.15) is 5.10 Å². The molecule has 1 heterocycles. The van der Waals surface area contributed by atoms with Gasteiger partial charge in [0.05, 0.1) is 0 Å². The highest BCUT2D eigenvalue weighted by Crippen LogP contribution is 2.37. The molecule has 0 radical (unpaired) electrons. The van der Waals surface area contributed by atoms with Crippen molar-refractivity contribution < 1.29 is 14.4 Å². The molecular weight excluding hydrogens is 390 g/mol. The Morgan fingerprint density at radius 2 is 1.83 bits per heavy atom. The number of nitrogens with one attached hydrogen (secondary N) is 1. The van der Waals surface area contributed by atoms with E-state index in [1.807, 2.05) is 32.9 Å². The van der Waals surface area contributed by atoms with Crippen LogP contribution >= 0.6 is 11.6 Å². The van der Waals surface area contributed by atoms with Crippen LogP contribution < -0.4 is 5.32 Å². The summed E-state index contributed by atoms with van der Waals surface area (Å²) in [5, 5.41) is 7.32. The lowest BCUT2D eigenvalue weighted by Crippen LogP contribution is -2.28. The third-order valence-corrected chi connectivity index (χ3v) is 6.20. The van der Waals surface area contributed by atoms with Gasteiger partial charge in [-0.1, -0.05) is 29.3 Å². The number of amides is 1. The molecule has 0 saturated heterocycles. The first-order valence-corrected chi connectivity index (χ1v) is 10.1. The molecule has 1 amide bonds. The second-order valence-corrected chi connectivity index (χ2v) is 8.31. The van der Waals surface area contributed by atoms with Gasteiger partial charge in [0.2, 0.25) is 0 Å². The Kier molecular flexibility index (Phi) is 5.94. The minimum absolute atomic E-state index is 0.0336. The molecule has 1 N–H and O–H groups in total. The van der Waals surface area contributed by atoms with E-state index in [4.69, 9.17) is 11.6 Å². The molecular formula is C22H26ClN3O3. The van der Waals surface area contributed by atoms with Gasteiger partial charge in [-0.05, 0) is 50.8 Å². The van der Waals surface area contributed by atoms with Crippen LogP contribution in [0.15, 0.2) is 12.1 Å². The highest BCUT2D eigenvalue weighted by atomic mass is 35.5. The van der Waals surface area contributed by atoms with E-state index in [1.165, 1.54) is 4.68 Å². The van der Waals surface area contributed by atoms with Gasteiger partial charge < -0.3 is 5.32 Å². The zero-order chi connectivity index (χ0) is 21.5. The minimum Gasteiger partial charge on any atom is -0.351 e. The number of benzene rings is 1. The van der Waals surface area contributed by atoms with Crippen LogP contribution in [0.5, 0.6) is 0 Å². The second kappa shape index (κ2) is 8.11. The molecule has 2 atom stereocenters. The zero-order valence-corrected chi connectivity index (χ0v) is 18.2. The Morgan fingerprint density at radius 1 is 1.21 bits per heavy atom. The lowest BCUT2D eigenvalue weighted by Gasteiger charge is -2.16. The molecule has 154 valence electrons. The Balaban J connectivity index is 1.66. The van der Waals surface area contributed by atoms with Crippen molar-refractivity contribution in [3.8, 4) is 0 Å². The molecule has 1 fully saturated rings. The maximum absolute atomic E-state index is 13.0. The Bertz CT molecular complexity index is 986. The third-order valence-electron chi connectivity index (χ3n) is 5.68. The van der Waals surface area contributed by atoms with Crippen LogP contribution in [0, 0.1) is 33.6 Å². The molecule has 3 rings (SSSR count). The first kappa shape index (κ1) is 21.2. The minimum atomic E-state index is -0.687. The van der Waals surface area contributed by atoms with Crippen molar-refractivity contribution in [1.29, 1.82) is 0 Å². The number of nitrogens with zero attached hydrogens (tertiary/aromatic N) is 2. The van der Waals surface area contributed by atoms with Gasteiger partial charge >= 0.3 is 0 Å². The number of aromatic nitrogens is 2. The number of halogens is 1. The smallest absolute Gasteiger partial charge is 0.272 e. The van der Waals surface area contributed by atoms with Crippen LogP contribution in [-0.2, 0) is 16.6 Å². The van der Waals surface area contributed by atoms with E-state index in [1.54, 1.807) is 14.0 Å². The van der Waals surface area contributed by atoms with Gasteiger partial charge in [-0.3, -0.25) is 19.1 Å². The number of ketones is 2. The number of hydrogen-bond donors (Lipinski definition) is 1. The monoisotopic (exact) mass is 415 g/mol. The van der Waals surface area contributed by atoms with Gasteiger partial charge in [0.15, 0.2) is 11.5 Å². The topological polar surface area (TPSA) is 81.1 Å². The van der Waals surface area contributed by atoms with Gasteiger partial charge in [0.1, 0.15) is 16.9 Å². The van der Waals surface area contributed by atoms with Crippen LogP contribution in [0.1, 0.15) is 57.1 Å². The van der Waals surface area contributed by atoms with E-state index in [9.17, 15) is 14.4 Å². The fraction of sp³-hybridized carbons (Fsp3) is 0.455. The van der Waals surface area contributed by atoms with Gasteiger partial charge in [0.25, 0.3) is 5.91 Å². The first-order chi connectivity index (χ1) is 13.6. The Labute approximate surface area is 175 Å². The molecule has 0 spiro atoms. The molecule has 29 heavy (non-hydrogen) atoms. The molecule has 2 aromatic rings. The van der Waals surface area contributed by atoms with Crippen molar-refractivity contribution in [3.63, 3.8) is 0 Å². The van der Waals surface area contributed by atoms with Crippen LogP contribution in [0.4, 0.5) is 0 Å². The van der Waals surface area contributed by atoms with E-state index in [0.29, 0.717) is 23.7 Å². The van der Waals surface area contributed by atoms with Gasteiger partial charge in [0, 0.05) is 31.5 Å². The van der Waals surface area contributed by atoms with Crippen molar-refractivity contribution in [2.24, 2.45) is 13.0 Å². The predicted molar refractivity (Wildman–Crippen MR) is 111 cm³/mol. The Morgan fingerprint density at radius 3 is 2.38 bits per heavy atom. The second-order valence-electron chi connectivity index (χ2n) is 7.95. The van der Waals surface area contributed by atoms with Crippen LogP contribution in [0.3, 0.4) is 0 Å². The maximum atomic E-state index is 13.0. The summed E-state index contributed by atoms with van der Waals surface area (Å²) in [6.45, 7) is 7.94. The molecule has 1 aromatic heterocycles. The highest BCUT2D eigenvalue weighted by Gasteiger charge is 2.42. The number of rotatable bonds is 5. The number of Topliss-reactive ketones (excluding diaryl/α,β-unsaturated/α-hetero) is 2. The van der Waals surface area contributed by atoms with Crippen LogP contribution in [-0.4, -0.2) is 33.8 Å². The van der Waals surface area contributed by atoms with Crippen molar-refractivity contribution in [2.75, 3.05) is 6.54 Å². The summed E-state index contributed by atoms with van der Waals surface area (Å²) in [5.74, 6) is -1.47. The summed E-state index contributed by atoms with van der Waals surface area (Å²) in [6.07, 6.45) is 0.650. The standard InChI is InChI=1S/C22H26ClN3O3/c1-11-8-12(2)17(13(3)9-11)18-16(27)10-15(20(18)28)6-7-24-22(29)19-14(4)21(23)26(5)25-19/h8-9,15,18H,6-7,10H2,1-5H3,(H,24,29). The maximum Gasteiger partial charge on any atom is 0.272 e. The molecule has 1 aliphatic carbocycles. The van der Waals surface area contributed by atoms with E-state index in [2.05, 4.69) is 10.4 Å². The summed E-state index contributed by atoms with van der Waals surface area (Å²) in [4.78, 5) is 38.0. The average Bonchev–Trinajstić information content (AvgIpc) is 3.05. The van der Waals surface area contributed by atoms with E-state index in [0.717, 1.165) is 22.3 Å². The first-order valence-electron chi connectivity index (χ1n) is 9.73. The third kappa shape index (κ3) is 3.99. The van der Waals surface area contributed by atoms with E-state index < -0.39 is 5.92 Å². The molecule has 6 nitrogen and oxygen atoms in total. The molecule has 2 unspecified atom stereocenters. The Hall–Kier alpha value is -2.47. The van der Waals surface area contributed by atoms with Gasteiger partial charge in [-0.25, -0.2) is 0 Å². The largest absolute Gasteiger partial charge is 0.351 e. The summed E-state index contributed by atoms with van der Waals surface area (Å²) in [5.41, 5.74) is 4.80. The van der Waals surface area contributed by atoms with Crippen LogP contribution in [0.25, 0.3) is 0 Å². The lowest BCUT2D eigenvalue weighted by molar-refractivity contribution is -0.124. The number of hydrogen-bond acceptors (Lipinski definition) is 4. The fourth-order valence-corrected chi connectivity index (χ4v) is 4.45.